The van der Waals surface area contributed by atoms with Crippen molar-refractivity contribution in [3.05, 3.63) is 41.4 Å². The molecule has 9 heteroatoms. The number of thiazole rings is 1. The molecule has 0 aliphatic rings. The Morgan fingerprint density at radius 2 is 1.80 bits per heavy atom. The molecule has 0 spiro atoms. The third-order valence-electron chi connectivity index (χ3n) is 4.34. The fraction of sp³-hybridized carbons (Fsp3) is 0.238. The molecule has 2 aromatic carbocycles. The van der Waals surface area contributed by atoms with Crippen molar-refractivity contribution in [3.8, 4) is 38.9 Å². The molecule has 0 unspecified atom stereocenters. The molecule has 3 aromatic rings. The third-order valence-corrected chi connectivity index (χ3v) is 5.16. The molecule has 0 aliphatic heterocycles. The fourth-order valence-electron chi connectivity index (χ4n) is 3.11. The van der Waals surface area contributed by atoms with Crippen molar-refractivity contribution in [2.24, 2.45) is 5.16 Å². The van der Waals surface area contributed by atoms with Gasteiger partial charge in [0, 0.05) is 33.8 Å². The van der Waals surface area contributed by atoms with Gasteiger partial charge in [-0.3, -0.25) is 10.3 Å². The van der Waals surface area contributed by atoms with E-state index in [1.165, 1.54) is 7.11 Å². The highest BCUT2D eigenvalue weighted by Gasteiger charge is 2.24. The Bertz CT molecular complexity index is 1020. The van der Waals surface area contributed by atoms with E-state index in [9.17, 15) is 0 Å². The first-order valence-electron chi connectivity index (χ1n) is 8.91. The fourth-order valence-corrected chi connectivity index (χ4v) is 3.75. The molecule has 0 saturated heterocycles. The number of hydrogen-bond donors (Lipinski definition) is 1. The summed E-state index contributed by atoms with van der Waals surface area (Å²) in [6, 6.07) is 7.71. The smallest absolute Gasteiger partial charge is 0.203 e. The average molecular weight is 429 g/mol. The van der Waals surface area contributed by atoms with E-state index in [1.54, 1.807) is 52.2 Å². The highest BCUT2D eigenvalue weighted by atomic mass is 32.1. The van der Waals surface area contributed by atoms with Crippen molar-refractivity contribution in [1.29, 1.82) is 0 Å². The van der Waals surface area contributed by atoms with Gasteiger partial charge in [0.2, 0.25) is 5.75 Å². The quantitative estimate of drug-likeness (QED) is 0.397. The van der Waals surface area contributed by atoms with Gasteiger partial charge in [0.15, 0.2) is 11.5 Å². The second-order valence-electron chi connectivity index (χ2n) is 5.93. The Kier molecular flexibility index (Phi) is 7.10. The van der Waals surface area contributed by atoms with Crippen LogP contribution < -0.4 is 19.7 Å². The van der Waals surface area contributed by atoms with E-state index in [4.69, 9.17) is 23.9 Å². The summed E-state index contributed by atoms with van der Waals surface area (Å²) in [4.78, 5) is 14.5. The van der Waals surface area contributed by atoms with Gasteiger partial charge in [0.25, 0.3) is 0 Å². The first-order valence-corrected chi connectivity index (χ1v) is 9.79. The minimum Gasteiger partial charge on any atom is -0.493 e. The Labute approximate surface area is 179 Å². The largest absolute Gasteiger partial charge is 0.493 e. The summed E-state index contributed by atoms with van der Waals surface area (Å²) in [5.41, 5.74) is 6.86. The highest BCUT2D eigenvalue weighted by molar-refractivity contribution is 7.13. The molecule has 1 N–H and O–H groups in total. The summed E-state index contributed by atoms with van der Waals surface area (Å²) >= 11 is 1.56. The van der Waals surface area contributed by atoms with Crippen molar-refractivity contribution in [2.45, 2.75) is 0 Å². The topological polar surface area (TPSA) is 83.4 Å². The maximum absolute atomic E-state index is 5.76. The summed E-state index contributed by atoms with van der Waals surface area (Å²) in [6.07, 6.45) is 3.36. The van der Waals surface area contributed by atoms with Crippen LogP contribution in [0.5, 0.6) is 17.2 Å². The van der Waals surface area contributed by atoms with Crippen LogP contribution in [0.25, 0.3) is 21.7 Å². The van der Waals surface area contributed by atoms with Crippen LogP contribution in [-0.4, -0.2) is 46.7 Å². The van der Waals surface area contributed by atoms with Crippen molar-refractivity contribution in [3.63, 3.8) is 0 Å². The molecular formula is C21H23N3O5S. The molecule has 0 bridgehead atoms. The second-order valence-corrected chi connectivity index (χ2v) is 6.83. The molecule has 0 aliphatic carbocycles. The maximum atomic E-state index is 5.76. The Morgan fingerprint density at radius 1 is 1.00 bits per heavy atom. The zero-order valence-corrected chi connectivity index (χ0v) is 18.2. The summed E-state index contributed by atoms with van der Waals surface area (Å²) in [5.74, 6) is 1.46. The Morgan fingerprint density at radius 3 is 2.40 bits per heavy atom. The summed E-state index contributed by atoms with van der Waals surface area (Å²) in [7, 11) is 7.74. The highest BCUT2D eigenvalue weighted by Crippen LogP contribution is 2.48. The number of anilines is 1. The predicted molar refractivity (Wildman–Crippen MR) is 118 cm³/mol. The van der Waals surface area contributed by atoms with E-state index < -0.39 is 0 Å². The maximum Gasteiger partial charge on any atom is 0.203 e. The lowest BCUT2D eigenvalue weighted by molar-refractivity contribution is 0.215. The number of rotatable bonds is 9. The molecule has 0 saturated carbocycles. The van der Waals surface area contributed by atoms with Crippen LogP contribution in [0.2, 0.25) is 0 Å². The first-order chi connectivity index (χ1) is 14.7. The van der Waals surface area contributed by atoms with Crippen LogP contribution in [0.15, 0.2) is 41.0 Å². The van der Waals surface area contributed by atoms with Gasteiger partial charge in [-0.15, -0.1) is 11.3 Å². The van der Waals surface area contributed by atoms with Gasteiger partial charge >= 0.3 is 0 Å². The van der Waals surface area contributed by atoms with E-state index in [1.807, 2.05) is 29.6 Å². The number of nitrogens with zero attached hydrogens (tertiary/aromatic N) is 2. The molecule has 1 heterocycles. The van der Waals surface area contributed by atoms with Gasteiger partial charge < -0.3 is 19.0 Å². The van der Waals surface area contributed by atoms with Crippen molar-refractivity contribution >= 4 is 23.2 Å². The molecule has 158 valence electrons. The lowest BCUT2D eigenvalue weighted by Gasteiger charge is -2.20. The van der Waals surface area contributed by atoms with Crippen LogP contribution in [0.3, 0.4) is 0 Å². The van der Waals surface area contributed by atoms with Crippen LogP contribution in [0.1, 0.15) is 5.56 Å². The molecule has 30 heavy (non-hydrogen) atoms. The van der Waals surface area contributed by atoms with Crippen molar-refractivity contribution in [1.82, 2.24) is 4.98 Å². The van der Waals surface area contributed by atoms with E-state index in [2.05, 4.69) is 15.6 Å². The average Bonchev–Trinajstić information content (AvgIpc) is 3.32. The number of nitrogens with one attached hydrogen (secondary N) is 1. The molecule has 1 aromatic heterocycles. The number of ether oxygens (including phenoxy) is 3. The van der Waals surface area contributed by atoms with Gasteiger partial charge in [-0.25, -0.2) is 4.98 Å². The monoisotopic (exact) mass is 429 g/mol. The second kappa shape index (κ2) is 9.95. The van der Waals surface area contributed by atoms with Gasteiger partial charge in [-0.05, 0) is 24.3 Å². The number of hydrogen-bond acceptors (Lipinski definition) is 9. The summed E-state index contributed by atoms with van der Waals surface area (Å²) < 4.78 is 16.8. The van der Waals surface area contributed by atoms with Gasteiger partial charge in [0.1, 0.15) is 12.1 Å². The van der Waals surface area contributed by atoms with Crippen LogP contribution in [0.4, 0.5) is 5.69 Å². The van der Waals surface area contributed by atoms with Crippen molar-refractivity contribution in [2.75, 3.05) is 41.0 Å². The van der Waals surface area contributed by atoms with E-state index in [0.29, 0.717) is 22.8 Å². The SMILES string of the molecule is CON=Cc1cc(OC)c(OC)c(OC)c1-c1cc(-c2nccs2)ccc1NOC. The number of methoxy groups -OCH3 is 3. The van der Waals surface area contributed by atoms with Gasteiger partial charge in [0.05, 0.1) is 40.3 Å². The number of benzene rings is 2. The van der Waals surface area contributed by atoms with Gasteiger partial charge in [-0.2, -0.15) is 0 Å². The van der Waals surface area contributed by atoms with Crippen molar-refractivity contribution < 1.29 is 23.9 Å². The predicted octanol–water partition coefficient (Wildman–Crippen LogP) is 4.46. The molecule has 0 atom stereocenters. The molecule has 8 nitrogen and oxygen atoms in total. The molecule has 3 rings (SSSR count). The molecule has 0 amide bonds. The normalized spacial score (nSPS) is 10.8. The third kappa shape index (κ3) is 4.17. The first kappa shape index (κ1) is 21.4. The molecule has 0 radical (unpaired) electrons. The molecular weight excluding hydrogens is 406 g/mol. The zero-order valence-electron chi connectivity index (χ0n) is 17.4. The standard InChI is InChI=1S/C21H23N3O5S/c1-25-17-11-14(12-23-28-4)18(20(27-3)19(17)26-2)15-10-13(21-22-8-9-30-21)6-7-16(15)24-29-5/h6-12,24H,1-5H3. The lowest BCUT2D eigenvalue weighted by atomic mass is 9.95. The van der Waals surface area contributed by atoms with E-state index in [-0.39, 0.29) is 0 Å². The summed E-state index contributed by atoms with van der Waals surface area (Å²) in [5, 5.41) is 6.77. The lowest BCUT2D eigenvalue weighted by Crippen LogP contribution is -2.04. The Balaban J connectivity index is 2.36. The Hall–Kier alpha value is -3.30. The van der Waals surface area contributed by atoms with E-state index >= 15 is 0 Å². The zero-order chi connectivity index (χ0) is 21.5. The van der Waals surface area contributed by atoms with Crippen LogP contribution in [-0.2, 0) is 9.68 Å². The minimum absolute atomic E-state index is 0.465. The number of aromatic nitrogens is 1. The molecule has 0 fully saturated rings. The van der Waals surface area contributed by atoms with Crippen LogP contribution in [0, 0.1) is 0 Å². The number of oxime groups is 1. The van der Waals surface area contributed by atoms with Crippen LogP contribution >= 0.6 is 11.3 Å². The minimum atomic E-state index is 0.465. The van der Waals surface area contributed by atoms with Gasteiger partial charge in [-0.1, -0.05) is 5.16 Å². The summed E-state index contributed by atoms with van der Waals surface area (Å²) in [6.45, 7) is 0. The van der Waals surface area contributed by atoms with E-state index in [0.717, 1.165) is 27.4 Å².